The summed E-state index contributed by atoms with van der Waals surface area (Å²) in [6.07, 6.45) is 11.7. The molecule has 1 saturated carbocycles. The average molecular weight is 208 g/mol. The first kappa shape index (κ1) is 12.5. The molecule has 86 valence electrons. The predicted molar refractivity (Wildman–Crippen MR) is 65.5 cm³/mol. The van der Waals surface area contributed by atoms with E-state index in [1.54, 1.807) is 0 Å². The highest BCUT2D eigenvalue weighted by atomic mass is 15.1. The second kappa shape index (κ2) is 6.87. The second-order valence-electron chi connectivity index (χ2n) is 4.74. The third-order valence-electron chi connectivity index (χ3n) is 2.95. The Kier molecular flexibility index (Phi) is 5.75. The summed E-state index contributed by atoms with van der Waals surface area (Å²) in [5.74, 6) is 3.63. The molecule has 0 spiro atoms. The molecule has 0 aliphatic heterocycles. The third kappa shape index (κ3) is 5.81. The van der Waals surface area contributed by atoms with Gasteiger partial charge in [-0.1, -0.05) is 25.7 Å². The van der Waals surface area contributed by atoms with Gasteiger partial charge in [-0.3, -0.25) is 4.90 Å². The molecule has 1 fully saturated rings. The molecule has 0 heterocycles. The van der Waals surface area contributed by atoms with Crippen LogP contribution in [0.25, 0.3) is 0 Å². The van der Waals surface area contributed by atoms with Crippen molar-refractivity contribution in [3.8, 4) is 12.3 Å². The van der Waals surface area contributed by atoms with Crippen LogP contribution in [0.2, 0.25) is 0 Å². The molecule has 0 aromatic rings. The van der Waals surface area contributed by atoms with E-state index in [9.17, 15) is 0 Å². The minimum Gasteiger partial charge on any atom is -0.327 e. The molecule has 0 saturated heterocycles. The van der Waals surface area contributed by atoms with Crippen LogP contribution in [0.4, 0.5) is 0 Å². The Morgan fingerprint density at radius 2 is 2.27 bits per heavy atom. The summed E-state index contributed by atoms with van der Waals surface area (Å²) < 4.78 is 0. The van der Waals surface area contributed by atoms with Crippen molar-refractivity contribution >= 4 is 0 Å². The zero-order valence-corrected chi connectivity index (χ0v) is 9.91. The summed E-state index contributed by atoms with van der Waals surface area (Å²) in [5, 5.41) is 0. The van der Waals surface area contributed by atoms with Crippen molar-refractivity contribution in [2.45, 2.75) is 45.1 Å². The fourth-order valence-electron chi connectivity index (χ4n) is 1.89. The van der Waals surface area contributed by atoms with Gasteiger partial charge in [-0.2, -0.15) is 0 Å². The molecule has 0 amide bonds. The first-order valence-corrected chi connectivity index (χ1v) is 6.17. The number of nitrogens with zero attached hydrogens (tertiary/aromatic N) is 1. The van der Waals surface area contributed by atoms with Crippen molar-refractivity contribution in [3.63, 3.8) is 0 Å². The van der Waals surface area contributed by atoms with Gasteiger partial charge < -0.3 is 5.73 Å². The highest BCUT2D eigenvalue weighted by Crippen LogP contribution is 2.29. The lowest BCUT2D eigenvalue weighted by Crippen LogP contribution is -2.38. The zero-order chi connectivity index (χ0) is 11.1. The molecule has 2 heteroatoms. The molecular formula is C13H24N2. The first-order chi connectivity index (χ1) is 7.26. The van der Waals surface area contributed by atoms with Crippen LogP contribution in [0.1, 0.15) is 39.0 Å². The number of nitrogens with two attached hydrogens (primary N) is 1. The molecule has 2 N–H and O–H groups in total. The Balaban J connectivity index is 2.19. The third-order valence-corrected chi connectivity index (χ3v) is 2.95. The van der Waals surface area contributed by atoms with Crippen LogP contribution < -0.4 is 5.73 Å². The van der Waals surface area contributed by atoms with Crippen LogP contribution in [0, 0.1) is 18.3 Å². The summed E-state index contributed by atoms with van der Waals surface area (Å²) in [5.41, 5.74) is 6.08. The van der Waals surface area contributed by atoms with E-state index >= 15 is 0 Å². The molecule has 0 aromatic carbocycles. The predicted octanol–water partition coefficient (Wildman–Crippen LogP) is 1.85. The maximum atomic E-state index is 6.08. The minimum absolute atomic E-state index is 0.303. The Hall–Kier alpha value is -0.520. The van der Waals surface area contributed by atoms with Gasteiger partial charge in [0.1, 0.15) is 0 Å². The second-order valence-corrected chi connectivity index (χ2v) is 4.74. The lowest BCUT2D eigenvalue weighted by atomic mass is 10.1. The standard InChI is InChI=1S/C13H24N2/c1-3-5-6-13(14)11-15(9-4-2)10-12-7-8-12/h2,12-13H,3,5-11,14H2,1H3. The normalized spacial score (nSPS) is 17.7. The van der Waals surface area contributed by atoms with Crippen molar-refractivity contribution in [1.82, 2.24) is 4.90 Å². The van der Waals surface area contributed by atoms with Gasteiger partial charge in [0.15, 0.2) is 0 Å². The van der Waals surface area contributed by atoms with E-state index in [2.05, 4.69) is 17.7 Å². The van der Waals surface area contributed by atoms with E-state index in [-0.39, 0.29) is 0 Å². The van der Waals surface area contributed by atoms with Crippen molar-refractivity contribution in [3.05, 3.63) is 0 Å². The van der Waals surface area contributed by atoms with E-state index in [0.717, 1.165) is 32.0 Å². The van der Waals surface area contributed by atoms with Gasteiger partial charge in [0.25, 0.3) is 0 Å². The fraction of sp³-hybridized carbons (Fsp3) is 0.846. The van der Waals surface area contributed by atoms with E-state index in [4.69, 9.17) is 12.2 Å². The van der Waals surface area contributed by atoms with Crippen molar-refractivity contribution in [1.29, 1.82) is 0 Å². The first-order valence-electron chi connectivity index (χ1n) is 6.17. The average Bonchev–Trinajstić information content (AvgIpc) is 2.99. The molecule has 2 nitrogen and oxygen atoms in total. The van der Waals surface area contributed by atoms with E-state index < -0.39 is 0 Å². The summed E-state index contributed by atoms with van der Waals surface area (Å²) in [6.45, 7) is 5.09. The number of terminal acetylenes is 1. The summed E-state index contributed by atoms with van der Waals surface area (Å²) in [6, 6.07) is 0.303. The summed E-state index contributed by atoms with van der Waals surface area (Å²) >= 11 is 0. The molecule has 15 heavy (non-hydrogen) atoms. The maximum absolute atomic E-state index is 6.08. The quantitative estimate of drug-likeness (QED) is 0.617. The topological polar surface area (TPSA) is 29.3 Å². The smallest absolute Gasteiger partial charge is 0.0599 e. The van der Waals surface area contributed by atoms with Crippen LogP contribution in [0.15, 0.2) is 0 Å². The number of hydrogen-bond donors (Lipinski definition) is 1. The van der Waals surface area contributed by atoms with Gasteiger partial charge in [0.2, 0.25) is 0 Å². The molecule has 0 aromatic heterocycles. The van der Waals surface area contributed by atoms with Gasteiger partial charge in [0, 0.05) is 19.1 Å². The molecule has 1 atom stereocenters. The maximum Gasteiger partial charge on any atom is 0.0599 e. The highest BCUT2D eigenvalue weighted by Gasteiger charge is 2.24. The summed E-state index contributed by atoms with van der Waals surface area (Å²) in [7, 11) is 0. The molecule has 0 bridgehead atoms. The van der Waals surface area contributed by atoms with Crippen LogP contribution in [0.5, 0.6) is 0 Å². The largest absolute Gasteiger partial charge is 0.327 e. The molecular weight excluding hydrogens is 184 g/mol. The van der Waals surface area contributed by atoms with Crippen LogP contribution in [-0.2, 0) is 0 Å². The van der Waals surface area contributed by atoms with E-state index in [1.165, 1.54) is 25.7 Å². The van der Waals surface area contributed by atoms with Gasteiger partial charge in [-0.15, -0.1) is 6.42 Å². The summed E-state index contributed by atoms with van der Waals surface area (Å²) in [4.78, 5) is 2.35. The van der Waals surface area contributed by atoms with E-state index in [1.807, 2.05) is 0 Å². The minimum atomic E-state index is 0.303. The number of rotatable bonds is 8. The molecule has 1 aliphatic rings. The Labute approximate surface area is 94.2 Å². The van der Waals surface area contributed by atoms with Crippen molar-refractivity contribution in [2.24, 2.45) is 11.7 Å². The molecule has 1 aliphatic carbocycles. The SMILES string of the molecule is C#CCN(CC(N)CCCC)CC1CC1. The van der Waals surface area contributed by atoms with Gasteiger partial charge in [0.05, 0.1) is 6.54 Å². The molecule has 1 unspecified atom stereocenters. The number of unbranched alkanes of at least 4 members (excludes halogenated alkanes) is 1. The lowest BCUT2D eigenvalue weighted by molar-refractivity contribution is 0.269. The van der Waals surface area contributed by atoms with Crippen molar-refractivity contribution in [2.75, 3.05) is 19.6 Å². The van der Waals surface area contributed by atoms with Gasteiger partial charge in [-0.05, 0) is 25.2 Å². The van der Waals surface area contributed by atoms with Crippen LogP contribution in [0.3, 0.4) is 0 Å². The Morgan fingerprint density at radius 3 is 2.80 bits per heavy atom. The zero-order valence-electron chi connectivity index (χ0n) is 9.91. The highest BCUT2D eigenvalue weighted by molar-refractivity contribution is 4.91. The van der Waals surface area contributed by atoms with Gasteiger partial charge in [-0.25, -0.2) is 0 Å². The Bertz CT molecular complexity index is 203. The van der Waals surface area contributed by atoms with Gasteiger partial charge >= 0.3 is 0 Å². The van der Waals surface area contributed by atoms with E-state index in [0.29, 0.717) is 6.04 Å². The number of hydrogen-bond acceptors (Lipinski definition) is 2. The van der Waals surface area contributed by atoms with Crippen LogP contribution >= 0.6 is 0 Å². The fourth-order valence-corrected chi connectivity index (χ4v) is 1.89. The van der Waals surface area contributed by atoms with Crippen molar-refractivity contribution < 1.29 is 0 Å². The Morgan fingerprint density at radius 1 is 1.53 bits per heavy atom. The lowest BCUT2D eigenvalue weighted by Gasteiger charge is -2.23. The monoisotopic (exact) mass is 208 g/mol. The van der Waals surface area contributed by atoms with Crippen LogP contribution in [-0.4, -0.2) is 30.6 Å². The molecule has 0 radical (unpaired) electrons. The molecule has 1 rings (SSSR count).